The quantitative estimate of drug-likeness (QED) is 0.557. The predicted octanol–water partition coefficient (Wildman–Crippen LogP) is 0.327. The van der Waals surface area contributed by atoms with Gasteiger partial charge in [0, 0.05) is 26.2 Å². The van der Waals surface area contributed by atoms with Gasteiger partial charge in [-0.05, 0) is 19.3 Å². The fourth-order valence-corrected chi connectivity index (χ4v) is 4.03. The largest absolute Gasteiger partial charge is 0.355 e. The number of hydrogen-bond donors (Lipinski definition) is 2. The summed E-state index contributed by atoms with van der Waals surface area (Å²) in [5.41, 5.74) is 5.36. The van der Waals surface area contributed by atoms with Crippen LogP contribution in [0.15, 0.2) is 0 Å². The first kappa shape index (κ1) is 23.1. The van der Waals surface area contributed by atoms with Crippen molar-refractivity contribution in [2.75, 3.05) is 37.7 Å². The van der Waals surface area contributed by atoms with Gasteiger partial charge in [-0.1, -0.05) is 19.8 Å². The topological polar surface area (TPSA) is 110 Å². The number of nitrogens with two attached hydrogens (primary N) is 1. The van der Waals surface area contributed by atoms with Crippen LogP contribution in [0.25, 0.3) is 0 Å². The Hall–Kier alpha value is -0.860. The summed E-state index contributed by atoms with van der Waals surface area (Å²) in [5, 5.41) is 2.72. The zero-order chi connectivity index (χ0) is 17.3. The Balaban J connectivity index is 0.00000529. The minimum Gasteiger partial charge on any atom is -0.355 e. The van der Waals surface area contributed by atoms with Gasteiger partial charge in [-0.15, -0.1) is 12.4 Å². The number of halogens is 1. The summed E-state index contributed by atoms with van der Waals surface area (Å²) in [4.78, 5) is 25.7. The molecule has 0 aromatic heterocycles. The highest BCUT2D eigenvalue weighted by atomic mass is 35.5. The molecular formula is C15H30ClN3O4S. The standard InChI is InChI=1S/C15H29N3O4S.ClH/c1-2-3-4-10-23(21,22)12-14(19)18-9-5-6-13(11-18)15(20)17-8-7-16;/h13H,2-12,16H2,1H3,(H,17,20);1H. The Kier molecular flexibility index (Phi) is 11.2. The van der Waals surface area contributed by atoms with Crippen LogP contribution in [0.4, 0.5) is 0 Å². The second-order valence-corrected chi connectivity index (χ2v) is 8.24. The van der Waals surface area contributed by atoms with Gasteiger partial charge in [-0.3, -0.25) is 9.59 Å². The molecular weight excluding hydrogens is 354 g/mol. The number of nitrogens with one attached hydrogen (secondary N) is 1. The fraction of sp³-hybridized carbons (Fsp3) is 0.867. The van der Waals surface area contributed by atoms with Crippen LogP contribution >= 0.6 is 12.4 Å². The van der Waals surface area contributed by atoms with E-state index in [0.29, 0.717) is 45.4 Å². The van der Waals surface area contributed by atoms with Gasteiger partial charge < -0.3 is 16.0 Å². The van der Waals surface area contributed by atoms with Crippen molar-refractivity contribution in [3.8, 4) is 0 Å². The number of rotatable bonds is 9. The lowest BCUT2D eigenvalue weighted by atomic mass is 9.97. The van der Waals surface area contributed by atoms with Gasteiger partial charge in [-0.2, -0.15) is 0 Å². The lowest BCUT2D eigenvalue weighted by molar-refractivity contribution is -0.133. The molecule has 0 radical (unpaired) electrons. The molecule has 0 bridgehead atoms. The van der Waals surface area contributed by atoms with Gasteiger partial charge in [-0.25, -0.2) is 8.42 Å². The van der Waals surface area contributed by atoms with Crippen molar-refractivity contribution < 1.29 is 18.0 Å². The summed E-state index contributed by atoms with van der Waals surface area (Å²) in [7, 11) is -3.36. The normalized spacial score (nSPS) is 17.9. The average Bonchev–Trinajstić information content (AvgIpc) is 2.52. The van der Waals surface area contributed by atoms with E-state index in [1.807, 2.05) is 6.92 Å². The van der Waals surface area contributed by atoms with Crippen LogP contribution in [-0.2, 0) is 19.4 Å². The van der Waals surface area contributed by atoms with Crippen molar-refractivity contribution in [3.63, 3.8) is 0 Å². The van der Waals surface area contributed by atoms with Crippen molar-refractivity contribution in [2.45, 2.75) is 39.0 Å². The van der Waals surface area contributed by atoms with Gasteiger partial charge >= 0.3 is 0 Å². The number of carbonyl (C=O) groups excluding carboxylic acids is 2. The Labute approximate surface area is 151 Å². The smallest absolute Gasteiger partial charge is 0.237 e. The fourth-order valence-electron chi connectivity index (χ4n) is 2.68. The van der Waals surface area contributed by atoms with E-state index in [2.05, 4.69) is 5.32 Å². The lowest BCUT2D eigenvalue weighted by Gasteiger charge is -2.32. The maximum Gasteiger partial charge on any atom is 0.237 e. The monoisotopic (exact) mass is 383 g/mol. The Morgan fingerprint density at radius 2 is 2.00 bits per heavy atom. The number of nitrogens with zero attached hydrogens (tertiary/aromatic N) is 1. The molecule has 1 unspecified atom stereocenters. The van der Waals surface area contributed by atoms with Crippen molar-refractivity contribution in [1.82, 2.24) is 10.2 Å². The molecule has 1 aliphatic heterocycles. The van der Waals surface area contributed by atoms with E-state index in [0.717, 1.165) is 12.8 Å². The van der Waals surface area contributed by atoms with Crippen LogP contribution in [-0.4, -0.2) is 62.8 Å². The highest BCUT2D eigenvalue weighted by Crippen LogP contribution is 2.17. The number of piperidine rings is 1. The van der Waals surface area contributed by atoms with Crippen LogP contribution in [0.2, 0.25) is 0 Å². The molecule has 1 rings (SSSR count). The van der Waals surface area contributed by atoms with Crippen molar-refractivity contribution >= 4 is 34.1 Å². The Morgan fingerprint density at radius 1 is 1.29 bits per heavy atom. The predicted molar refractivity (Wildman–Crippen MR) is 96.8 cm³/mol. The first-order chi connectivity index (χ1) is 10.9. The van der Waals surface area contributed by atoms with Crippen LogP contribution in [0.1, 0.15) is 39.0 Å². The molecule has 9 heteroatoms. The Morgan fingerprint density at radius 3 is 2.62 bits per heavy atom. The molecule has 1 fully saturated rings. The van der Waals surface area contributed by atoms with Gasteiger partial charge in [0.15, 0.2) is 9.84 Å². The summed E-state index contributed by atoms with van der Waals surface area (Å²) in [6, 6.07) is 0. The third kappa shape index (κ3) is 8.30. The summed E-state index contributed by atoms with van der Waals surface area (Å²) in [6.45, 7) is 3.59. The van der Waals surface area contributed by atoms with Crippen LogP contribution in [0, 0.1) is 5.92 Å². The van der Waals surface area contributed by atoms with Crippen molar-refractivity contribution in [3.05, 3.63) is 0 Å². The van der Waals surface area contributed by atoms with Gasteiger partial charge in [0.2, 0.25) is 11.8 Å². The van der Waals surface area contributed by atoms with Gasteiger partial charge in [0.05, 0.1) is 11.7 Å². The number of likely N-dealkylation sites (tertiary alicyclic amines) is 1. The summed E-state index contributed by atoms with van der Waals surface area (Å²) < 4.78 is 23.9. The third-order valence-electron chi connectivity index (χ3n) is 3.99. The molecule has 142 valence electrons. The molecule has 1 atom stereocenters. The summed E-state index contributed by atoms with van der Waals surface area (Å²) >= 11 is 0. The molecule has 24 heavy (non-hydrogen) atoms. The average molecular weight is 384 g/mol. The van der Waals surface area contributed by atoms with E-state index in [4.69, 9.17) is 5.73 Å². The van der Waals surface area contributed by atoms with Crippen molar-refractivity contribution in [2.24, 2.45) is 11.7 Å². The molecule has 3 N–H and O–H groups in total. The highest BCUT2D eigenvalue weighted by Gasteiger charge is 2.30. The SMILES string of the molecule is CCCCCS(=O)(=O)CC(=O)N1CCCC(C(=O)NCCN)C1.Cl. The number of hydrogen-bond acceptors (Lipinski definition) is 5. The molecule has 1 heterocycles. The van der Waals surface area contributed by atoms with Gasteiger partial charge in [0.1, 0.15) is 5.75 Å². The maximum atomic E-state index is 12.2. The second-order valence-electron chi connectivity index (χ2n) is 6.06. The zero-order valence-electron chi connectivity index (χ0n) is 14.3. The molecule has 0 aliphatic carbocycles. The molecule has 0 spiro atoms. The molecule has 1 aliphatic rings. The first-order valence-corrected chi connectivity index (χ1v) is 10.2. The molecule has 0 saturated carbocycles. The van der Waals surface area contributed by atoms with Crippen LogP contribution in [0.3, 0.4) is 0 Å². The van der Waals surface area contributed by atoms with E-state index in [1.54, 1.807) is 0 Å². The highest BCUT2D eigenvalue weighted by molar-refractivity contribution is 7.92. The number of amides is 2. The van der Waals surface area contributed by atoms with Crippen LogP contribution in [0.5, 0.6) is 0 Å². The number of carbonyl (C=O) groups is 2. The summed E-state index contributed by atoms with van der Waals surface area (Å²) in [5.74, 6) is -1.17. The van der Waals surface area contributed by atoms with E-state index in [-0.39, 0.29) is 30.0 Å². The lowest BCUT2D eigenvalue weighted by Crippen LogP contribution is -2.47. The minimum absolute atomic E-state index is 0. The van der Waals surface area contributed by atoms with Crippen LogP contribution < -0.4 is 11.1 Å². The summed E-state index contributed by atoms with van der Waals surface area (Å²) in [6.07, 6.45) is 3.80. The first-order valence-electron chi connectivity index (χ1n) is 8.35. The molecule has 0 aromatic rings. The molecule has 1 saturated heterocycles. The van der Waals surface area contributed by atoms with Gasteiger partial charge in [0.25, 0.3) is 0 Å². The minimum atomic E-state index is -3.36. The second kappa shape index (κ2) is 11.7. The number of sulfone groups is 1. The Bertz CT molecular complexity index is 499. The van der Waals surface area contributed by atoms with Crippen molar-refractivity contribution in [1.29, 1.82) is 0 Å². The van der Waals surface area contributed by atoms with E-state index < -0.39 is 21.5 Å². The zero-order valence-corrected chi connectivity index (χ0v) is 16.0. The van der Waals surface area contributed by atoms with E-state index in [1.165, 1.54) is 4.90 Å². The van der Waals surface area contributed by atoms with E-state index >= 15 is 0 Å². The maximum absolute atomic E-state index is 12.2. The van der Waals surface area contributed by atoms with E-state index in [9.17, 15) is 18.0 Å². The molecule has 0 aromatic carbocycles. The number of unbranched alkanes of at least 4 members (excludes halogenated alkanes) is 2. The molecule has 7 nitrogen and oxygen atoms in total. The third-order valence-corrected chi connectivity index (χ3v) is 5.59. The molecule has 2 amide bonds.